The third kappa shape index (κ3) is 5.65. The van der Waals surface area contributed by atoms with Crippen LogP contribution < -0.4 is 15.8 Å². The second kappa shape index (κ2) is 11.2. The van der Waals surface area contributed by atoms with E-state index in [-0.39, 0.29) is 0 Å². The average Bonchev–Trinajstić information content (AvgIpc) is 3.38. The first kappa shape index (κ1) is 23.7. The van der Waals surface area contributed by atoms with Crippen molar-refractivity contribution in [3.63, 3.8) is 0 Å². The van der Waals surface area contributed by atoms with Crippen LogP contribution in [0.25, 0.3) is 22.6 Å². The van der Waals surface area contributed by atoms with E-state index in [1.807, 2.05) is 77.5 Å². The SMILES string of the molecule is CN=CC(=CN)c1ccc(CNc2cc(-c3cnc4cc(OCc5ccccc5)ccn34)ncn2)cc1. The lowest BCUT2D eigenvalue weighted by Gasteiger charge is -2.09. The zero-order valence-electron chi connectivity index (χ0n) is 20.5. The number of aromatic nitrogens is 4. The second-order valence-corrected chi connectivity index (χ2v) is 8.36. The molecule has 0 aliphatic carbocycles. The number of ether oxygens (including phenoxy) is 1. The minimum absolute atomic E-state index is 0.506. The van der Waals surface area contributed by atoms with Crippen LogP contribution in [-0.2, 0) is 13.2 Å². The van der Waals surface area contributed by atoms with Gasteiger partial charge in [-0.25, -0.2) is 15.0 Å². The van der Waals surface area contributed by atoms with Gasteiger partial charge in [0.2, 0.25) is 0 Å². The molecule has 2 aromatic carbocycles. The van der Waals surface area contributed by atoms with Gasteiger partial charge in [-0.05, 0) is 22.8 Å². The van der Waals surface area contributed by atoms with Crippen molar-refractivity contribution in [3.05, 3.63) is 114 Å². The predicted molar refractivity (Wildman–Crippen MR) is 147 cm³/mol. The van der Waals surface area contributed by atoms with E-state index in [0.29, 0.717) is 13.2 Å². The molecule has 8 heteroatoms. The molecule has 184 valence electrons. The van der Waals surface area contributed by atoms with Gasteiger partial charge in [-0.2, -0.15) is 0 Å². The second-order valence-electron chi connectivity index (χ2n) is 8.36. The fraction of sp³-hybridized carbons (Fsp3) is 0.103. The summed E-state index contributed by atoms with van der Waals surface area (Å²) in [6.07, 6.45) is 8.61. The molecule has 0 spiro atoms. The van der Waals surface area contributed by atoms with E-state index >= 15 is 0 Å². The summed E-state index contributed by atoms with van der Waals surface area (Å²) in [5.74, 6) is 1.49. The summed E-state index contributed by atoms with van der Waals surface area (Å²) in [4.78, 5) is 17.4. The van der Waals surface area contributed by atoms with Crippen LogP contribution in [0.15, 0.2) is 103 Å². The van der Waals surface area contributed by atoms with Crippen LogP contribution in [0.3, 0.4) is 0 Å². The number of rotatable bonds is 9. The van der Waals surface area contributed by atoms with Crippen LogP contribution in [0.1, 0.15) is 16.7 Å². The number of nitrogens with two attached hydrogens (primary N) is 1. The standard InChI is InChI=1S/C29H27N7O/c1-31-17-24(15-30)23-9-7-21(8-10-23)16-32-28-14-26(34-20-35-28)27-18-33-29-13-25(11-12-36(27)29)37-19-22-5-3-2-4-6-22/h2-15,17-18,20H,16,19,30H2,1H3,(H,32,34,35). The van der Waals surface area contributed by atoms with Crippen LogP contribution in [0.5, 0.6) is 5.75 Å². The van der Waals surface area contributed by atoms with Crippen molar-refractivity contribution in [2.24, 2.45) is 10.7 Å². The molecule has 37 heavy (non-hydrogen) atoms. The monoisotopic (exact) mass is 489 g/mol. The van der Waals surface area contributed by atoms with Crippen molar-refractivity contribution < 1.29 is 4.74 Å². The van der Waals surface area contributed by atoms with Gasteiger partial charge in [-0.3, -0.25) is 9.39 Å². The number of hydrogen-bond acceptors (Lipinski definition) is 7. The fourth-order valence-electron chi connectivity index (χ4n) is 3.94. The van der Waals surface area contributed by atoms with Crippen molar-refractivity contribution in [2.75, 3.05) is 12.4 Å². The summed E-state index contributed by atoms with van der Waals surface area (Å²) in [5, 5.41) is 3.37. The number of fused-ring (bicyclic) bond motifs is 1. The minimum atomic E-state index is 0.506. The summed E-state index contributed by atoms with van der Waals surface area (Å²) in [5.41, 5.74) is 12.3. The fourth-order valence-corrected chi connectivity index (χ4v) is 3.94. The van der Waals surface area contributed by atoms with E-state index in [4.69, 9.17) is 10.5 Å². The normalized spacial score (nSPS) is 11.8. The lowest BCUT2D eigenvalue weighted by molar-refractivity contribution is 0.306. The van der Waals surface area contributed by atoms with E-state index in [2.05, 4.69) is 37.4 Å². The van der Waals surface area contributed by atoms with Gasteiger partial charge < -0.3 is 15.8 Å². The van der Waals surface area contributed by atoms with E-state index in [0.717, 1.165) is 50.9 Å². The Labute approximate surface area is 215 Å². The van der Waals surface area contributed by atoms with Gasteiger partial charge in [0.05, 0.1) is 17.6 Å². The largest absolute Gasteiger partial charge is 0.489 e. The maximum atomic E-state index is 5.94. The molecule has 8 nitrogen and oxygen atoms in total. The number of aliphatic imine (C=N–C) groups is 1. The molecule has 0 radical (unpaired) electrons. The maximum Gasteiger partial charge on any atom is 0.140 e. The highest BCUT2D eigenvalue weighted by molar-refractivity contribution is 6.09. The van der Waals surface area contributed by atoms with Crippen molar-refractivity contribution in [3.8, 4) is 17.1 Å². The van der Waals surface area contributed by atoms with Crippen molar-refractivity contribution in [1.82, 2.24) is 19.4 Å². The van der Waals surface area contributed by atoms with Crippen LogP contribution >= 0.6 is 0 Å². The number of pyridine rings is 1. The molecule has 0 bridgehead atoms. The van der Waals surface area contributed by atoms with E-state index < -0.39 is 0 Å². The molecular weight excluding hydrogens is 462 g/mol. The highest BCUT2D eigenvalue weighted by atomic mass is 16.5. The Hall–Kier alpha value is -4.98. The van der Waals surface area contributed by atoms with Crippen molar-refractivity contribution >= 4 is 23.3 Å². The molecule has 3 aromatic heterocycles. The van der Waals surface area contributed by atoms with E-state index in [9.17, 15) is 0 Å². The molecule has 3 N–H and O–H groups in total. The summed E-state index contributed by atoms with van der Waals surface area (Å²) in [6, 6.07) is 24.0. The summed E-state index contributed by atoms with van der Waals surface area (Å²) in [6.45, 7) is 1.13. The Morgan fingerprint density at radius 2 is 1.84 bits per heavy atom. The van der Waals surface area contributed by atoms with Crippen LogP contribution in [0.4, 0.5) is 5.82 Å². The molecule has 0 saturated carbocycles. The molecule has 0 saturated heterocycles. The Bertz CT molecular complexity index is 1540. The van der Waals surface area contributed by atoms with Crippen molar-refractivity contribution in [1.29, 1.82) is 0 Å². The first-order valence-electron chi connectivity index (χ1n) is 11.9. The smallest absolute Gasteiger partial charge is 0.140 e. The number of anilines is 1. The number of nitrogens with one attached hydrogen (secondary N) is 1. The third-order valence-electron chi connectivity index (χ3n) is 5.87. The zero-order valence-corrected chi connectivity index (χ0v) is 20.5. The molecule has 0 aliphatic heterocycles. The molecule has 5 rings (SSSR count). The number of benzene rings is 2. The third-order valence-corrected chi connectivity index (χ3v) is 5.87. The average molecular weight is 490 g/mol. The van der Waals surface area contributed by atoms with Crippen LogP contribution in [-0.4, -0.2) is 32.6 Å². The van der Waals surface area contributed by atoms with Gasteiger partial charge in [0.25, 0.3) is 0 Å². The molecule has 0 amide bonds. The lowest BCUT2D eigenvalue weighted by atomic mass is 10.1. The topological polar surface area (TPSA) is 103 Å². The zero-order chi connectivity index (χ0) is 25.5. The first-order chi connectivity index (χ1) is 18.2. The Morgan fingerprint density at radius 3 is 2.62 bits per heavy atom. The summed E-state index contributed by atoms with van der Waals surface area (Å²) in [7, 11) is 1.73. The first-order valence-corrected chi connectivity index (χ1v) is 11.9. The number of allylic oxidation sites excluding steroid dienone is 1. The van der Waals surface area contributed by atoms with Gasteiger partial charge in [0.15, 0.2) is 0 Å². The summed E-state index contributed by atoms with van der Waals surface area (Å²) < 4.78 is 7.93. The number of hydrogen-bond donors (Lipinski definition) is 2. The summed E-state index contributed by atoms with van der Waals surface area (Å²) >= 11 is 0. The predicted octanol–water partition coefficient (Wildman–Crippen LogP) is 4.98. The van der Waals surface area contributed by atoms with Gasteiger partial charge >= 0.3 is 0 Å². The Balaban J connectivity index is 1.27. The molecule has 0 aliphatic rings. The van der Waals surface area contributed by atoms with Crippen molar-refractivity contribution in [2.45, 2.75) is 13.2 Å². The number of nitrogens with zero attached hydrogens (tertiary/aromatic N) is 5. The number of imidazole rings is 1. The highest BCUT2D eigenvalue weighted by Crippen LogP contribution is 2.24. The van der Waals surface area contributed by atoms with Gasteiger partial charge in [-0.15, -0.1) is 0 Å². The quantitative estimate of drug-likeness (QED) is 0.283. The molecule has 0 atom stereocenters. The molecular formula is C29H27N7O. The maximum absolute atomic E-state index is 5.94. The van der Waals surface area contributed by atoms with E-state index in [1.165, 1.54) is 0 Å². The lowest BCUT2D eigenvalue weighted by Crippen LogP contribution is -2.03. The van der Waals surface area contributed by atoms with Gasteiger partial charge in [0.1, 0.15) is 30.1 Å². The van der Waals surface area contributed by atoms with Crippen LogP contribution in [0.2, 0.25) is 0 Å². The highest BCUT2D eigenvalue weighted by Gasteiger charge is 2.10. The van der Waals surface area contributed by atoms with Crippen LogP contribution in [0, 0.1) is 0 Å². The molecule has 5 aromatic rings. The molecule has 3 heterocycles. The Kier molecular flexibility index (Phi) is 7.17. The van der Waals surface area contributed by atoms with E-state index in [1.54, 1.807) is 25.8 Å². The van der Waals surface area contributed by atoms with Gasteiger partial charge in [-0.1, -0.05) is 54.6 Å². The minimum Gasteiger partial charge on any atom is -0.489 e. The molecule has 0 unspecified atom stereocenters. The molecule has 0 fully saturated rings. The van der Waals surface area contributed by atoms with Gasteiger partial charge in [0, 0.05) is 49.9 Å². The Morgan fingerprint density at radius 1 is 1.00 bits per heavy atom.